The van der Waals surface area contributed by atoms with Gasteiger partial charge in [-0.1, -0.05) is 6.07 Å². The van der Waals surface area contributed by atoms with Gasteiger partial charge in [0.1, 0.15) is 24.6 Å². The van der Waals surface area contributed by atoms with Crippen LogP contribution in [0, 0.1) is 0 Å². The van der Waals surface area contributed by atoms with Gasteiger partial charge in [0.15, 0.2) is 5.65 Å². The minimum absolute atomic E-state index is 0.883. The van der Waals surface area contributed by atoms with Crippen LogP contribution in [0.3, 0.4) is 0 Å². The number of anilines is 1. The van der Waals surface area contributed by atoms with Crippen molar-refractivity contribution >= 4 is 22.8 Å². The normalized spacial score (nSPS) is 17.7. The Balaban J connectivity index is 1.44. The molecule has 0 amide bonds. The first-order chi connectivity index (χ1) is 12.9. The second-order valence-corrected chi connectivity index (χ2v) is 8.00. The molecular formula is C19H24N5OS+. The van der Waals surface area contributed by atoms with Gasteiger partial charge < -0.3 is 15.0 Å². The van der Waals surface area contributed by atoms with E-state index in [-0.39, 0.29) is 0 Å². The monoisotopic (exact) mass is 370 g/mol. The summed E-state index contributed by atoms with van der Waals surface area (Å²) in [5.74, 6) is 1.15. The van der Waals surface area contributed by atoms with Crippen LogP contribution in [-0.4, -0.2) is 54.0 Å². The fraction of sp³-hybridized carbons (Fsp3) is 0.474. The molecule has 0 spiro atoms. The first-order valence-electron chi connectivity index (χ1n) is 9.49. The fourth-order valence-electron chi connectivity index (χ4n) is 3.98. The summed E-state index contributed by atoms with van der Waals surface area (Å²) in [5.41, 5.74) is 4.57. The Morgan fingerprint density at radius 1 is 1.27 bits per heavy atom. The summed E-state index contributed by atoms with van der Waals surface area (Å²) in [7, 11) is 0. The number of fused-ring (bicyclic) bond motifs is 2. The van der Waals surface area contributed by atoms with Crippen molar-refractivity contribution in [2.75, 3.05) is 44.7 Å². The molecule has 1 aliphatic carbocycles. The molecule has 0 atom stereocenters. The van der Waals surface area contributed by atoms with Gasteiger partial charge in [-0.2, -0.15) is 9.61 Å². The number of ether oxygens (including phenoxy) is 1. The number of aryl methyl sites for hydroxylation is 1. The molecule has 1 saturated heterocycles. The van der Waals surface area contributed by atoms with E-state index in [0.29, 0.717) is 0 Å². The SMILES string of the molecule is c1csc(-c2cc3nc4c(c(NCC[NH+]5CCOCC5)n3n2)CCC4)c1. The maximum Gasteiger partial charge on any atom is 0.158 e. The van der Waals surface area contributed by atoms with E-state index in [9.17, 15) is 0 Å². The van der Waals surface area contributed by atoms with Crippen molar-refractivity contribution in [1.29, 1.82) is 0 Å². The maximum absolute atomic E-state index is 5.46. The summed E-state index contributed by atoms with van der Waals surface area (Å²) < 4.78 is 7.48. The lowest BCUT2D eigenvalue weighted by molar-refractivity contribution is -0.906. The van der Waals surface area contributed by atoms with E-state index in [0.717, 1.165) is 69.4 Å². The Morgan fingerprint density at radius 2 is 2.19 bits per heavy atom. The molecular weight excluding hydrogens is 346 g/mol. The van der Waals surface area contributed by atoms with E-state index in [1.54, 1.807) is 16.2 Å². The molecule has 4 heterocycles. The summed E-state index contributed by atoms with van der Waals surface area (Å²) >= 11 is 1.72. The van der Waals surface area contributed by atoms with Crippen LogP contribution in [0.4, 0.5) is 5.82 Å². The van der Waals surface area contributed by atoms with Gasteiger partial charge in [-0.05, 0) is 30.7 Å². The number of quaternary nitrogens is 1. The van der Waals surface area contributed by atoms with Gasteiger partial charge in [0.25, 0.3) is 0 Å². The third-order valence-electron chi connectivity index (χ3n) is 5.37. The van der Waals surface area contributed by atoms with Gasteiger partial charge in [-0.3, -0.25) is 0 Å². The van der Waals surface area contributed by atoms with Gasteiger partial charge in [0, 0.05) is 17.3 Å². The molecule has 0 aromatic carbocycles. The van der Waals surface area contributed by atoms with Crippen molar-refractivity contribution < 1.29 is 9.64 Å². The molecule has 7 heteroatoms. The second-order valence-electron chi connectivity index (χ2n) is 7.06. The highest BCUT2D eigenvalue weighted by atomic mass is 32.1. The highest BCUT2D eigenvalue weighted by Gasteiger charge is 2.22. The summed E-state index contributed by atoms with van der Waals surface area (Å²) in [6, 6.07) is 6.31. The van der Waals surface area contributed by atoms with Crippen LogP contribution >= 0.6 is 11.3 Å². The topological polar surface area (TPSA) is 55.9 Å². The molecule has 0 saturated carbocycles. The zero-order valence-corrected chi connectivity index (χ0v) is 15.6. The molecule has 0 bridgehead atoms. The number of hydrogen-bond donors (Lipinski definition) is 2. The molecule has 0 radical (unpaired) electrons. The number of aromatic nitrogens is 3. The Bertz CT molecular complexity index is 898. The molecule has 2 aliphatic rings. The van der Waals surface area contributed by atoms with Gasteiger partial charge >= 0.3 is 0 Å². The van der Waals surface area contributed by atoms with Crippen LogP contribution in [0.25, 0.3) is 16.2 Å². The molecule has 6 nitrogen and oxygen atoms in total. The molecule has 3 aromatic heterocycles. The quantitative estimate of drug-likeness (QED) is 0.710. The largest absolute Gasteiger partial charge is 0.370 e. The van der Waals surface area contributed by atoms with Crippen LogP contribution in [0.15, 0.2) is 23.6 Å². The van der Waals surface area contributed by atoms with Crippen LogP contribution in [0.1, 0.15) is 17.7 Å². The van der Waals surface area contributed by atoms with Crippen molar-refractivity contribution in [2.45, 2.75) is 19.3 Å². The Kier molecular flexibility index (Phi) is 4.36. The number of nitrogens with one attached hydrogen (secondary N) is 2. The standard InChI is InChI=1S/C19H23N5OS/c1-3-14-15(4-1)21-18-13-16(17-5-2-12-26-17)22-24(18)19(14)20-6-7-23-8-10-25-11-9-23/h2,5,12-13,20H,1,3-4,6-11H2/p+1. The van der Waals surface area contributed by atoms with E-state index >= 15 is 0 Å². The number of nitrogens with zero attached hydrogens (tertiary/aromatic N) is 3. The summed E-state index contributed by atoms with van der Waals surface area (Å²) in [4.78, 5) is 7.70. The molecule has 5 rings (SSSR count). The first-order valence-corrected chi connectivity index (χ1v) is 10.4. The minimum Gasteiger partial charge on any atom is -0.370 e. The van der Waals surface area contributed by atoms with Crippen molar-refractivity contribution in [3.63, 3.8) is 0 Å². The third-order valence-corrected chi connectivity index (χ3v) is 6.26. The van der Waals surface area contributed by atoms with Crippen LogP contribution in [0.5, 0.6) is 0 Å². The molecule has 136 valence electrons. The lowest BCUT2D eigenvalue weighted by Gasteiger charge is -2.24. The van der Waals surface area contributed by atoms with E-state index in [1.807, 2.05) is 4.52 Å². The average Bonchev–Trinajstić information content (AvgIpc) is 3.41. The van der Waals surface area contributed by atoms with E-state index < -0.39 is 0 Å². The smallest absolute Gasteiger partial charge is 0.158 e. The van der Waals surface area contributed by atoms with Crippen molar-refractivity contribution in [2.24, 2.45) is 0 Å². The van der Waals surface area contributed by atoms with E-state index in [1.165, 1.54) is 22.6 Å². The maximum atomic E-state index is 5.46. The van der Waals surface area contributed by atoms with E-state index in [2.05, 4.69) is 28.9 Å². The number of morpholine rings is 1. The highest BCUT2D eigenvalue weighted by molar-refractivity contribution is 7.13. The Hall–Kier alpha value is -1.96. The average molecular weight is 371 g/mol. The molecule has 1 aliphatic heterocycles. The van der Waals surface area contributed by atoms with Crippen LogP contribution in [0.2, 0.25) is 0 Å². The molecule has 0 unspecified atom stereocenters. The van der Waals surface area contributed by atoms with E-state index in [4.69, 9.17) is 14.8 Å². The molecule has 2 N–H and O–H groups in total. The number of thiophene rings is 1. The Labute approximate surface area is 156 Å². The second kappa shape index (κ2) is 6.98. The first kappa shape index (κ1) is 16.2. The van der Waals surface area contributed by atoms with Gasteiger partial charge in [0.2, 0.25) is 0 Å². The lowest BCUT2D eigenvalue weighted by atomic mass is 10.2. The van der Waals surface area contributed by atoms with Gasteiger partial charge in [-0.25, -0.2) is 4.98 Å². The molecule has 1 fully saturated rings. The zero-order valence-electron chi connectivity index (χ0n) is 14.8. The van der Waals surface area contributed by atoms with Gasteiger partial charge in [0.05, 0.1) is 31.2 Å². The van der Waals surface area contributed by atoms with Crippen molar-refractivity contribution in [3.8, 4) is 10.6 Å². The summed E-state index contributed by atoms with van der Waals surface area (Å²) in [6.07, 6.45) is 3.37. The lowest BCUT2D eigenvalue weighted by Crippen LogP contribution is -3.14. The highest BCUT2D eigenvalue weighted by Crippen LogP contribution is 2.31. The fourth-order valence-corrected chi connectivity index (χ4v) is 4.66. The summed E-state index contributed by atoms with van der Waals surface area (Å²) in [5, 5.41) is 10.7. The third kappa shape index (κ3) is 3.00. The predicted molar refractivity (Wildman–Crippen MR) is 103 cm³/mol. The van der Waals surface area contributed by atoms with Gasteiger partial charge in [-0.15, -0.1) is 11.3 Å². The van der Waals surface area contributed by atoms with Crippen LogP contribution < -0.4 is 10.2 Å². The zero-order chi connectivity index (χ0) is 17.3. The predicted octanol–water partition coefficient (Wildman–Crippen LogP) is 1.27. The van der Waals surface area contributed by atoms with Crippen molar-refractivity contribution in [3.05, 3.63) is 34.8 Å². The number of hydrogen-bond acceptors (Lipinski definition) is 5. The summed E-state index contributed by atoms with van der Waals surface area (Å²) in [6.45, 7) is 6.04. The van der Waals surface area contributed by atoms with Crippen LogP contribution in [-0.2, 0) is 17.6 Å². The molecule has 26 heavy (non-hydrogen) atoms. The minimum atomic E-state index is 0.883. The Morgan fingerprint density at radius 3 is 3.04 bits per heavy atom. The number of rotatable bonds is 5. The molecule has 3 aromatic rings. The van der Waals surface area contributed by atoms with Crippen molar-refractivity contribution in [1.82, 2.24) is 14.6 Å².